The van der Waals surface area contributed by atoms with Crippen molar-refractivity contribution in [2.75, 3.05) is 0 Å². The van der Waals surface area contributed by atoms with Crippen LogP contribution in [-0.4, -0.2) is 0 Å². The van der Waals surface area contributed by atoms with Crippen LogP contribution in [0.3, 0.4) is 0 Å². The highest BCUT2D eigenvalue weighted by Gasteiger charge is 2.41. The van der Waals surface area contributed by atoms with Gasteiger partial charge in [0, 0.05) is 43.0 Å². The number of benzene rings is 8. The molecule has 270 valence electrons. The summed E-state index contributed by atoms with van der Waals surface area (Å²) >= 11 is 0. The Labute approximate surface area is 329 Å². The zero-order valence-electron chi connectivity index (χ0n) is 30.8. The smallest absolute Gasteiger partial charge is 0.172 e. The Morgan fingerprint density at radius 3 is 0.625 bits per heavy atom. The average molecular weight is 759 g/mol. The van der Waals surface area contributed by atoms with Crippen molar-refractivity contribution < 1.29 is 9.13 Å². The van der Waals surface area contributed by atoms with Crippen molar-refractivity contribution in [2.24, 2.45) is 0 Å². The molecule has 8 aromatic rings. The van der Waals surface area contributed by atoms with Gasteiger partial charge < -0.3 is 9.13 Å². The van der Waals surface area contributed by atoms with Crippen LogP contribution in [0.4, 0.5) is 0 Å². The van der Waals surface area contributed by atoms with Crippen LogP contribution < -0.4 is 21.2 Å². The summed E-state index contributed by atoms with van der Waals surface area (Å²) in [5, 5.41) is 4.18. The molecule has 0 fully saturated rings. The molecule has 0 bridgehead atoms. The van der Waals surface area contributed by atoms with E-state index in [2.05, 4.69) is 48.5 Å². The Bertz CT molecular complexity index is 2400. The maximum Gasteiger partial charge on any atom is 0.172 e. The van der Waals surface area contributed by atoms with Crippen molar-refractivity contribution >= 4 is 57.3 Å². The third-order valence-electron chi connectivity index (χ3n) is 10.1. The molecule has 0 aliphatic rings. The first kappa shape index (κ1) is 36.7. The van der Waals surface area contributed by atoms with Gasteiger partial charge in [-0.1, -0.05) is 243 Å². The van der Waals surface area contributed by atoms with Crippen molar-refractivity contribution in [2.45, 2.75) is 0 Å². The summed E-state index contributed by atoms with van der Waals surface area (Å²) in [5.41, 5.74) is 4.86. The fourth-order valence-corrected chi connectivity index (χ4v) is 13.7. The fourth-order valence-electron chi connectivity index (χ4n) is 7.53. The van der Waals surface area contributed by atoms with Crippen molar-refractivity contribution in [3.05, 3.63) is 265 Å². The Morgan fingerprint density at radius 2 is 0.411 bits per heavy atom. The van der Waals surface area contributed by atoms with E-state index >= 15 is 9.13 Å². The molecule has 8 rings (SSSR count). The van der Waals surface area contributed by atoms with Gasteiger partial charge >= 0.3 is 0 Å². The van der Waals surface area contributed by atoms with Gasteiger partial charge in [-0.05, 0) is 22.3 Å². The third-order valence-corrected chi connectivity index (χ3v) is 16.4. The second kappa shape index (κ2) is 16.6. The molecule has 8 aromatic carbocycles. The molecule has 0 aromatic heterocycles. The molecule has 0 atom stereocenters. The monoisotopic (exact) mass is 758 g/mol. The molecule has 0 radical (unpaired) electrons. The van der Waals surface area contributed by atoms with E-state index < -0.39 is 14.3 Å². The molecule has 0 aliphatic carbocycles. The summed E-state index contributed by atoms with van der Waals surface area (Å²) in [6.07, 6.45) is 0. The minimum absolute atomic E-state index is 0.668. The summed E-state index contributed by atoms with van der Waals surface area (Å²) < 4.78 is 34.1. The predicted octanol–water partition coefficient (Wildman–Crippen LogP) is 12.2. The van der Waals surface area contributed by atoms with Crippen molar-refractivity contribution in [3.8, 4) is 0 Å². The van der Waals surface area contributed by atoms with Gasteiger partial charge in [0.05, 0.1) is 0 Å². The minimum Gasteiger partial charge on any atom is -0.309 e. The van der Waals surface area contributed by atoms with E-state index in [1.807, 2.05) is 194 Å². The molecule has 0 aliphatic heterocycles. The quantitative estimate of drug-likeness (QED) is 0.0748. The Hall–Kier alpha value is -6.30. The Kier molecular flexibility index (Phi) is 10.9. The molecule has 0 spiro atoms. The van der Waals surface area contributed by atoms with E-state index in [0.29, 0.717) is 31.8 Å². The number of hydrogen-bond donors (Lipinski definition) is 0. The maximum absolute atomic E-state index is 17.1. The van der Waals surface area contributed by atoms with Crippen LogP contribution in [0, 0.1) is 0 Å². The second-order valence-corrected chi connectivity index (χ2v) is 18.9. The van der Waals surface area contributed by atoms with Gasteiger partial charge in [0.1, 0.15) is 0 Å². The molecule has 0 amide bonds. The lowest BCUT2D eigenvalue weighted by Gasteiger charge is -2.31. The first-order valence-corrected chi connectivity index (χ1v) is 22.2. The predicted molar refractivity (Wildman–Crippen MR) is 239 cm³/mol. The summed E-state index contributed by atoms with van der Waals surface area (Å²) in [5.74, 6) is 0. The summed E-state index contributed by atoms with van der Waals surface area (Å²) in [6.45, 7) is 0. The van der Waals surface area contributed by atoms with Crippen LogP contribution in [0.25, 0.3) is 21.8 Å². The first-order chi connectivity index (χ1) is 27.6. The molecule has 56 heavy (non-hydrogen) atoms. The van der Waals surface area contributed by atoms with Crippen LogP contribution in [-0.2, 0) is 9.13 Å². The van der Waals surface area contributed by atoms with E-state index in [0.717, 1.165) is 33.4 Å². The summed E-state index contributed by atoms with van der Waals surface area (Å²) in [4.78, 5) is 0. The molecule has 0 unspecified atom stereocenters. The third kappa shape index (κ3) is 7.02. The molecule has 4 heteroatoms. The standard InChI is InChI=1S/C52H40O2P2/c53-55(45-33-17-5-18-34-45,46-35-19-6-20-36-46)51(43-29-13-3-14-30-43)49(41-25-9-1-10-26-41)50(42-27-11-2-12-28-42)52(44-31-15-4-16-32-44)56(54,47-37-21-7-22-38-47)48-39-23-8-24-40-48/h1-40H. The maximum atomic E-state index is 17.1. The van der Waals surface area contributed by atoms with Crippen LogP contribution in [0.2, 0.25) is 0 Å². The largest absolute Gasteiger partial charge is 0.309 e. The van der Waals surface area contributed by atoms with Crippen LogP contribution in [0.5, 0.6) is 0 Å². The molecular weight excluding hydrogens is 719 g/mol. The lowest BCUT2D eigenvalue weighted by Crippen LogP contribution is -2.20. The van der Waals surface area contributed by atoms with Gasteiger partial charge in [0.2, 0.25) is 0 Å². The van der Waals surface area contributed by atoms with E-state index in [1.165, 1.54) is 0 Å². The number of rotatable bonds is 11. The molecule has 0 heterocycles. The summed E-state index contributed by atoms with van der Waals surface area (Å²) in [6, 6.07) is 79.9. The zero-order chi connectivity index (χ0) is 38.2. The Balaban J connectivity index is 1.70. The first-order valence-electron chi connectivity index (χ1n) is 18.7. The van der Waals surface area contributed by atoms with Gasteiger partial charge in [-0.3, -0.25) is 0 Å². The summed E-state index contributed by atoms with van der Waals surface area (Å²) in [7, 11) is -7.45. The van der Waals surface area contributed by atoms with Gasteiger partial charge in [-0.2, -0.15) is 0 Å². The lowest BCUT2D eigenvalue weighted by molar-refractivity contribution is 0.592. The van der Waals surface area contributed by atoms with Gasteiger partial charge in [0.15, 0.2) is 14.3 Å². The average Bonchev–Trinajstić information content (AvgIpc) is 3.29. The van der Waals surface area contributed by atoms with E-state index in [9.17, 15) is 0 Å². The van der Waals surface area contributed by atoms with Crippen LogP contribution in [0.1, 0.15) is 22.3 Å². The van der Waals surface area contributed by atoms with Crippen LogP contribution in [0.15, 0.2) is 243 Å². The van der Waals surface area contributed by atoms with Gasteiger partial charge in [-0.15, -0.1) is 0 Å². The van der Waals surface area contributed by atoms with Gasteiger partial charge in [0.25, 0.3) is 0 Å². The molecule has 0 N–H and O–H groups in total. The van der Waals surface area contributed by atoms with Crippen molar-refractivity contribution in [1.29, 1.82) is 0 Å². The zero-order valence-corrected chi connectivity index (χ0v) is 32.6. The highest BCUT2D eigenvalue weighted by atomic mass is 31.2. The topological polar surface area (TPSA) is 34.1 Å². The normalized spacial score (nSPS) is 12.6. The minimum atomic E-state index is -3.72. The van der Waals surface area contributed by atoms with E-state index in [-0.39, 0.29) is 0 Å². The van der Waals surface area contributed by atoms with Crippen molar-refractivity contribution in [1.82, 2.24) is 0 Å². The lowest BCUT2D eigenvalue weighted by atomic mass is 9.89. The highest BCUT2D eigenvalue weighted by molar-refractivity contribution is 7.88. The second-order valence-electron chi connectivity index (χ2n) is 13.5. The highest BCUT2D eigenvalue weighted by Crippen LogP contribution is 2.66. The molecular formula is C52H40O2P2. The van der Waals surface area contributed by atoms with Gasteiger partial charge in [-0.25, -0.2) is 0 Å². The Morgan fingerprint density at radius 1 is 0.232 bits per heavy atom. The SMILES string of the molecule is O=P(C(=C(C(=C(c1ccccc1)P(=O)(c1ccccc1)c1ccccc1)c1ccccc1)c1ccccc1)c1ccccc1)(c1ccccc1)c1ccccc1. The molecule has 0 saturated carbocycles. The molecule has 0 saturated heterocycles. The van der Waals surface area contributed by atoms with E-state index in [4.69, 9.17) is 0 Å². The van der Waals surface area contributed by atoms with E-state index in [1.54, 1.807) is 0 Å². The molecule has 2 nitrogen and oxygen atoms in total. The number of allylic oxidation sites excluding steroid dienone is 2. The number of hydrogen-bond acceptors (Lipinski definition) is 2. The fraction of sp³-hybridized carbons (Fsp3) is 0. The van der Waals surface area contributed by atoms with Crippen molar-refractivity contribution in [3.63, 3.8) is 0 Å². The van der Waals surface area contributed by atoms with Crippen LogP contribution >= 0.6 is 14.3 Å².